The first-order valence-corrected chi connectivity index (χ1v) is 2.57. The van der Waals surface area contributed by atoms with Crippen molar-refractivity contribution in [2.75, 3.05) is 7.05 Å². The first kappa shape index (κ1) is 38.0. The molecule has 0 aromatic heterocycles. The molecule has 82 valence electrons. The number of rotatable bonds is 0. The monoisotopic (exact) mass is 217 g/mol. The maximum atomic E-state index is 3.24. The Hall–Kier alpha value is 0.154. The van der Waals surface area contributed by atoms with Crippen LogP contribution in [0.5, 0.6) is 0 Å². The third-order valence-corrected chi connectivity index (χ3v) is 0.586. The topological polar surface area (TPSA) is 12.0 Å². The van der Waals surface area contributed by atoms with Crippen LogP contribution in [0.15, 0.2) is 18.2 Å². The van der Waals surface area contributed by atoms with Crippen molar-refractivity contribution in [1.82, 2.24) is 5.32 Å². The van der Waals surface area contributed by atoms with E-state index in [9.17, 15) is 0 Å². The molecule has 0 fully saturated rings. The van der Waals surface area contributed by atoms with Crippen molar-refractivity contribution in [1.29, 1.82) is 0 Å². The molecule has 0 atom stereocenters. The first-order valence-electron chi connectivity index (χ1n) is 2.57. The van der Waals surface area contributed by atoms with Crippen LogP contribution in [0.1, 0.15) is 6.42 Å². The van der Waals surface area contributed by atoms with Crippen LogP contribution >= 0.6 is 0 Å². The fourth-order valence-corrected chi connectivity index (χ4v) is 0.340. The predicted octanol–water partition coefficient (Wildman–Crippen LogP) is 3.10. The fourth-order valence-electron chi connectivity index (χ4n) is 0.340. The van der Waals surface area contributed by atoms with E-state index < -0.39 is 0 Å². The van der Waals surface area contributed by atoms with E-state index in [1.165, 1.54) is 0 Å². The van der Waals surface area contributed by atoms with E-state index in [2.05, 4.69) is 24.5 Å². The molecule has 0 heterocycles. The number of allylic oxidation sites excluding steroid dienone is 4. The zero-order chi connectivity index (χ0) is 6.24. The van der Waals surface area contributed by atoms with Crippen molar-refractivity contribution in [3.63, 3.8) is 0 Å². The third kappa shape index (κ3) is 47.2. The van der Waals surface area contributed by atoms with Gasteiger partial charge >= 0.3 is 0 Å². The van der Waals surface area contributed by atoms with Crippen LogP contribution in [0.2, 0.25) is 0 Å². The summed E-state index contributed by atoms with van der Waals surface area (Å²) in [6, 6.07) is 0. The van der Waals surface area contributed by atoms with E-state index in [1.54, 1.807) is 7.05 Å². The average molecular weight is 217 g/mol. The third-order valence-electron chi connectivity index (χ3n) is 0.586. The molecule has 1 rings (SSSR count). The van der Waals surface area contributed by atoms with Gasteiger partial charge in [-0.05, 0) is 7.05 Å². The zero-order valence-electron chi connectivity index (χ0n) is 9.65. The second-order valence-corrected chi connectivity index (χ2v) is 1.36. The number of hydrogen-bond acceptors (Lipinski definition) is 1. The summed E-state index contributed by atoms with van der Waals surface area (Å²) in [4.78, 5) is 0. The molecule has 0 aliphatic heterocycles. The Morgan fingerprint density at radius 3 is 1.69 bits per heavy atom. The second-order valence-electron chi connectivity index (χ2n) is 1.36. The zero-order valence-corrected chi connectivity index (χ0v) is 11.2. The van der Waals surface area contributed by atoms with Gasteiger partial charge in [-0.15, -0.1) is 6.42 Å². The van der Waals surface area contributed by atoms with Gasteiger partial charge in [0.25, 0.3) is 0 Å². The van der Waals surface area contributed by atoms with Gasteiger partial charge in [0.15, 0.2) is 0 Å². The maximum absolute atomic E-state index is 3.24. The van der Waals surface area contributed by atoms with Crippen LogP contribution in [0.25, 0.3) is 0 Å². The second kappa shape index (κ2) is 39.9. The molecule has 1 aliphatic carbocycles. The molecule has 13 heavy (non-hydrogen) atoms. The molecule has 0 radical (unpaired) electrons. The normalized spacial score (nSPS) is 8.15. The van der Waals surface area contributed by atoms with Gasteiger partial charge < -0.3 is 35.0 Å². The SMILES string of the molecule is [C-]1=CC=CC1.[CH2-]NC.[CH3-].[CH3-].[CH3-].[CH3-].[Ti]. The van der Waals surface area contributed by atoms with Gasteiger partial charge in [0.05, 0.1) is 0 Å². The molecular formula is C11H23NTi-6. The summed E-state index contributed by atoms with van der Waals surface area (Å²) in [6.07, 6.45) is 10.0. The van der Waals surface area contributed by atoms with Crippen LogP contribution in [-0.2, 0) is 21.7 Å². The van der Waals surface area contributed by atoms with Crippen LogP contribution in [0.4, 0.5) is 0 Å². The van der Waals surface area contributed by atoms with Gasteiger partial charge in [-0.2, -0.15) is 6.08 Å². The maximum Gasteiger partial charge on any atom is 0 e. The van der Waals surface area contributed by atoms with Gasteiger partial charge in [0, 0.05) is 21.7 Å². The van der Waals surface area contributed by atoms with E-state index in [-0.39, 0.29) is 51.4 Å². The Morgan fingerprint density at radius 1 is 1.23 bits per heavy atom. The largest absolute Gasteiger partial charge is 0.475 e. The summed E-state index contributed by atoms with van der Waals surface area (Å²) in [6.45, 7) is 0. The smallest absolute Gasteiger partial charge is 0 e. The van der Waals surface area contributed by atoms with E-state index in [0.29, 0.717) is 0 Å². The molecule has 1 nitrogen and oxygen atoms in total. The molecule has 0 unspecified atom stereocenters. The van der Waals surface area contributed by atoms with Crippen LogP contribution in [0.3, 0.4) is 0 Å². The molecule has 0 aromatic rings. The Kier molecular flexibility index (Phi) is 117. The van der Waals surface area contributed by atoms with E-state index in [1.807, 2.05) is 12.2 Å². The summed E-state index contributed by atoms with van der Waals surface area (Å²) >= 11 is 0. The van der Waals surface area contributed by atoms with E-state index in [4.69, 9.17) is 0 Å². The van der Waals surface area contributed by atoms with Gasteiger partial charge in [-0.3, -0.25) is 13.1 Å². The Labute approximate surface area is 102 Å². The summed E-state index contributed by atoms with van der Waals surface area (Å²) < 4.78 is 0. The van der Waals surface area contributed by atoms with Crippen molar-refractivity contribution in [2.24, 2.45) is 0 Å². The van der Waals surface area contributed by atoms with Crippen molar-refractivity contribution in [3.8, 4) is 0 Å². The van der Waals surface area contributed by atoms with Gasteiger partial charge in [-0.25, -0.2) is 12.2 Å². The van der Waals surface area contributed by atoms with E-state index in [0.717, 1.165) is 6.42 Å². The molecule has 0 saturated carbocycles. The number of nitrogens with one attached hydrogen (secondary N) is 1. The van der Waals surface area contributed by atoms with Gasteiger partial charge in [0.2, 0.25) is 0 Å². The predicted molar refractivity (Wildman–Crippen MR) is 61.6 cm³/mol. The first-order chi connectivity index (χ1) is 3.91. The Bertz CT molecular complexity index is 78.1. The molecule has 0 amide bonds. The minimum Gasteiger partial charge on any atom is -0.475 e. The molecule has 1 N–H and O–H groups in total. The quantitative estimate of drug-likeness (QED) is 0.485. The molecule has 2 heteroatoms. The van der Waals surface area contributed by atoms with Crippen LogP contribution in [-0.4, -0.2) is 7.05 Å². The molecule has 0 aromatic carbocycles. The molecular weight excluding hydrogens is 194 g/mol. The molecule has 0 bridgehead atoms. The Balaban J connectivity index is -0.0000000144. The van der Waals surface area contributed by atoms with Crippen LogP contribution < -0.4 is 5.32 Å². The summed E-state index contributed by atoms with van der Waals surface area (Å²) in [7, 11) is 5.00. The minimum absolute atomic E-state index is 0. The molecule has 0 spiro atoms. The van der Waals surface area contributed by atoms with Gasteiger partial charge in [-0.1, -0.05) is 0 Å². The van der Waals surface area contributed by atoms with Gasteiger partial charge in [0.1, 0.15) is 0 Å². The number of hydrogen-bond donors (Lipinski definition) is 1. The average Bonchev–Trinajstić information content (AvgIpc) is 2.17. The van der Waals surface area contributed by atoms with E-state index >= 15 is 0 Å². The summed E-state index contributed by atoms with van der Waals surface area (Å²) in [5.41, 5.74) is 0. The van der Waals surface area contributed by atoms with Crippen LogP contribution in [0, 0.1) is 42.8 Å². The van der Waals surface area contributed by atoms with Crippen molar-refractivity contribution in [3.05, 3.63) is 61.1 Å². The minimum atomic E-state index is 0. The van der Waals surface area contributed by atoms with Crippen molar-refractivity contribution >= 4 is 0 Å². The fraction of sp³-hybridized carbons (Fsp3) is 0.182. The standard InChI is InChI=1S/C5H5.C2H6N.4CH3.Ti/c1-2-4-5-3-1;1-3-2;;;;;/h1-3H,4H2;3H,1H2,2H3;4*1H3;/q6*-1;. The summed E-state index contributed by atoms with van der Waals surface area (Å²) in [5.74, 6) is 0. The molecule has 1 aliphatic rings. The summed E-state index contributed by atoms with van der Waals surface area (Å²) in [5, 5.41) is 2.50. The molecule has 0 saturated heterocycles. The van der Waals surface area contributed by atoms with Crippen molar-refractivity contribution in [2.45, 2.75) is 6.42 Å². The van der Waals surface area contributed by atoms with Crippen molar-refractivity contribution < 1.29 is 21.7 Å². The Morgan fingerprint density at radius 2 is 1.62 bits per heavy atom.